The molecule has 27 heavy (non-hydrogen) atoms. The number of ether oxygens (including phenoxy) is 1. The number of cyclic esters (lactones) is 2. The molecule has 0 saturated heterocycles. The molecule has 0 spiro atoms. The molecule has 7 nitrogen and oxygen atoms in total. The molecular formula is C20H10O7. The van der Waals surface area contributed by atoms with Crippen LogP contribution < -0.4 is 0 Å². The van der Waals surface area contributed by atoms with Crippen LogP contribution >= 0.6 is 0 Å². The second-order valence-electron chi connectivity index (χ2n) is 5.94. The molecule has 0 aromatic heterocycles. The molecule has 2 N–H and O–H groups in total. The van der Waals surface area contributed by atoms with E-state index in [0.717, 1.165) is 6.07 Å². The van der Waals surface area contributed by atoms with Gasteiger partial charge >= 0.3 is 23.9 Å². The molecular weight excluding hydrogens is 352 g/mol. The highest BCUT2D eigenvalue weighted by Crippen LogP contribution is 2.37. The zero-order valence-electron chi connectivity index (χ0n) is 13.6. The minimum atomic E-state index is -1.41. The average Bonchev–Trinajstić information content (AvgIpc) is 2.95. The monoisotopic (exact) mass is 362 g/mol. The molecule has 1 aliphatic heterocycles. The van der Waals surface area contributed by atoms with Crippen molar-refractivity contribution in [3.63, 3.8) is 0 Å². The molecule has 7 heteroatoms. The van der Waals surface area contributed by atoms with Gasteiger partial charge in [-0.05, 0) is 40.1 Å². The Balaban J connectivity index is 2.06. The van der Waals surface area contributed by atoms with Crippen LogP contribution in [-0.4, -0.2) is 34.1 Å². The van der Waals surface area contributed by atoms with Crippen molar-refractivity contribution in [2.75, 3.05) is 0 Å². The molecule has 0 unspecified atom stereocenters. The summed E-state index contributed by atoms with van der Waals surface area (Å²) < 4.78 is 4.75. The van der Waals surface area contributed by atoms with E-state index >= 15 is 0 Å². The highest BCUT2D eigenvalue weighted by Gasteiger charge is 2.35. The number of carboxylic acids is 2. The number of hydrogen-bond acceptors (Lipinski definition) is 5. The maximum absolute atomic E-state index is 12.3. The molecule has 1 heterocycles. The topological polar surface area (TPSA) is 118 Å². The van der Waals surface area contributed by atoms with Crippen molar-refractivity contribution >= 4 is 34.6 Å². The maximum Gasteiger partial charge on any atom is 0.347 e. The summed E-state index contributed by atoms with van der Waals surface area (Å²) >= 11 is 0. The van der Waals surface area contributed by atoms with E-state index in [1.807, 2.05) is 0 Å². The summed E-state index contributed by atoms with van der Waals surface area (Å²) in [6.07, 6.45) is 0. The van der Waals surface area contributed by atoms with E-state index in [9.17, 15) is 24.3 Å². The lowest BCUT2D eigenvalue weighted by molar-refractivity contribution is 0.0443. The predicted octanol–water partition coefficient (Wildman–Crippen LogP) is 3.21. The first-order valence-corrected chi connectivity index (χ1v) is 7.81. The van der Waals surface area contributed by atoms with Crippen LogP contribution in [0.5, 0.6) is 0 Å². The van der Waals surface area contributed by atoms with E-state index < -0.39 is 29.4 Å². The molecule has 0 aliphatic carbocycles. The number of benzene rings is 3. The lowest BCUT2D eigenvalue weighted by atomic mass is 9.90. The normalized spacial score (nSPS) is 12.7. The summed E-state index contributed by atoms with van der Waals surface area (Å²) in [6.45, 7) is 0. The molecule has 0 radical (unpaired) electrons. The van der Waals surface area contributed by atoms with Crippen LogP contribution in [0.3, 0.4) is 0 Å². The number of carboxylic acid groups (broad SMARTS) is 2. The molecule has 0 saturated carbocycles. The minimum absolute atomic E-state index is 0.0399. The van der Waals surface area contributed by atoms with Gasteiger partial charge in [-0.1, -0.05) is 30.3 Å². The van der Waals surface area contributed by atoms with Crippen LogP contribution in [0.15, 0.2) is 48.5 Å². The van der Waals surface area contributed by atoms with Gasteiger partial charge in [0.15, 0.2) is 0 Å². The Morgan fingerprint density at radius 1 is 0.778 bits per heavy atom. The van der Waals surface area contributed by atoms with Crippen LogP contribution in [0.1, 0.15) is 41.4 Å². The van der Waals surface area contributed by atoms with E-state index in [-0.39, 0.29) is 16.7 Å². The van der Waals surface area contributed by atoms with Crippen LogP contribution in [0.4, 0.5) is 0 Å². The van der Waals surface area contributed by atoms with Crippen LogP contribution in [0, 0.1) is 0 Å². The molecule has 132 valence electrons. The number of carbonyl (C=O) groups is 4. The Hall–Kier alpha value is -4.00. The molecule has 4 rings (SSSR count). The number of rotatable bonds is 3. The van der Waals surface area contributed by atoms with Crippen molar-refractivity contribution in [3.05, 3.63) is 70.8 Å². The Kier molecular flexibility index (Phi) is 3.52. The van der Waals surface area contributed by atoms with Gasteiger partial charge in [0.2, 0.25) is 0 Å². The van der Waals surface area contributed by atoms with Gasteiger partial charge < -0.3 is 14.9 Å². The second-order valence-corrected chi connectivity index (χ2v) is 5.94. The third kappa shape index (κ3) is 2.44. The summed E-state index contributed by atoms with van der Waals surface area (Å²) in [5, 5.41) is 19.7. The Morgan fingerprint density at radius 3 is 2.15 bits per heavy atom. The fourth-order valence-electron chi connectivity index (χ4n) is 3.26. The van der Waals surface area contributed by atoms with Gasteiger partial charge in [0.1, 0.15) is 0 Å². The van der Waals surface area contributed by atoms with Crippen molar-refractivity contribution in [3.8, 4) is 11.1 Å². The maximum atomic E-state index is 12.3. The zero-order chi connectivity index (χ0) is 19.3. The fourth-order valence-corrected chi connectivity index (χ4v) is 3.26. The molecule has 0 fully saturated rings. The SMILES string of the molecule is O=C(O)c1ccc(-c2cc3ccccc3c3c2C(=O)OC3=O)cc1C(=O)O. The van der Waals surface area contributed by atoms with Crippen LogP contribution in [0.25, 0.3) is 21.9 Å². The summed E-state index contributed by atoms with van der Waals surface area (Å²) in [6, 6.07) is 12.3. The van der Waals surface area contributed by atoms with Crippen LogP contribution in [0.2, 0.25) is 0 Å². The van der Waals surface area contributed by atoms with Gasteiger partial charge in [-0.2, -0.15) is 0 Å². The Labute approximate surface area is 151 Å². The van der Waals surface area contributed by atoms with Crippen molar-refractivity contribution in [1.29, 1.82) is 0 Å². The van der Waals surface area contributed by atoms with E-state index in [4.69, 9.17) is 9.84 Å². The first-order valence-electron chi connectivity index (χ1n) is 7.81. The zero-order valence-corrected chi connectivity index (χ0v) is 13.6. The van der Waals surface area contributed by atoms with E-state index in [1.54, 1.807) is 30.3 Å². The number of fused-ring (bicyclic) bond motifs is 3. The van der Waals surface area contributed by atoms with Gasteiger partial charge in [-0.15, -0.1) is 0 Å². The highest BCUT2D eigenvalue weighted by molar-refractivity contribution is 6.24. The molecule has 1 aliphatic rings. The molecule has 0 bridgehead atoms. The lowest BCUT2D eigenvalue weighted by Gasteiger charge is -2.11. The van der Waals surface area contributed by atoms with E-state index in [0.29, 0.717) is 21.9 Å². The molecule has 3 aromatic carbocycles. The van der Waals surface area contributed by atoms with Crippen LogP contribution in [-0.2, 0) is 4.74 Å². The van der Waals surface area contributed by atoms with Crippen molar-refractivity contribution in [1.82, 2.24) is 0 Å². The summed E-state index contributed by atoms with van der Waals surface area (Å²) in [7, 11) is 0. The number of carbonyl (C=O) groups excluding carboxylic acids is 2. The first kappa shape index (κ1) is 16.5. The van der Waals surface area contributed by atoms with Gasteiger partial charge in [-0.3, -0.25) is 0 Å². The molecule has 0 amide bonds. The van der Waals surface area contributed by atoms with Crippen molar-refractivity contribution in [2.24, 2.45) is 0 Å². The van der Waals surface area contributed by atoms with Gasteiger partial charge in [0.05, 0.1) is 22.3 Å². The number of aromatic carboxylic acids is 2. The first-order chi connectivity index (χ1) is 12.9. The third-order valence-electron chi connectivity index (χ3n) is 4.43. The Bertz CT molecular complexity index is 1190. The minimum Gasteiger partial charge on any atom is -0.478 e. The smallest absolute Gasteiger partial charge is 0.347 e. The quantitative estimate of drug-likeness (QED) is 0.542. The Morgan fingerprint density at radius 2 is 1.44 bits per heavy atom. The van der Waals surface area contributed by atoms with Gasteiger partial charge in [-0.25, -0.2) is 19.2 Å². The lowest BCUT2D eigenvalue weighted by Crippen LogP contribution is -2.08. The highest BCUT2D eigenvalue weighted by atomic mass is 16.6. The summed E-state index contributed by atoms with van der Waals surface area (Å²) in [5.41, 5.74) is -0.0302. The molecule has 3 aromatic rings. The molecule has 0 atom stereocenters. The van der Waals surface area contributed by atoms with Crippen molar-refractivity contribution < 1.29 is 34.1 Å². The van der Waals surface area contributed by atoms with Gasteiger partial charge in [0, 0.05) is 0 Å². The average molecular weight is 362 g/mol. The number of hydrogen-bond donors (Lipinski definition) is 2. The fraction of sp³-hybridized carbons (Fsp3) is 0. The number of esters is 2. The van der Waals surface area contributed by atoms with E-state index in [2.05, 4.69) is 0 Å². The predicted molar refractivity (Wildman–Crippen MR) is 93.0 cm³/mol. The standard InChI is InChI=1S/C20H10O7/c21-17(22)12-6-5-10(8-14(12)18(23)24)13-7-9-3-1-2-4-11(9)15-16(13)20(26)27-19(15)25/h1-8H,(H,21,22)(H,23,24). The summed E-state index contributed by atoms with van der Waals surface area (Å²) in [4.78, 5) is 47.1. The van der Waals surface area contributed by atoms with E-state index in [1.165, 1.54) is 12.1 Å². The second kappa shape index (κ2) is 5.77. The third-order valence-corrected chi connectivity index (χ3v) is 4.43. The largest absolute Gasteiger partial charge is 0.478 e. The summed E-state index contributed by atoms with van der Waals surface area (Å²) in [5.74, 6) is -4.38. The van der Waals surface area contributed by atoms with Crippen molar-refractivity contribution in [2.45, 2.75) is 0 Å². The van der Waals surface area contributed by atoms with Gasteiger partial charge in [0.25, 0.3) is 0 Å².